The van der Waals surface area contributed by atoms with Crippen LogP contribution in [-0.4, -0.2) is 78.5 Å². The van der Waals surface area contributed by atoms with Crippen LogP contribution in [0.25, 0.3) is 0 Å². The molecule has 0 bridgehead atoms. The number of carbonyl (C=O) groups excluding carboxylic acids is 1. The van der Waals surface area contributed by atoms with E-state index in [2.05, 4.69) is 50.0 Å². The molecule has 2 aromatic carbocycles. The van der Waals surface area contributed by atoms with E-state index in [1.807, 2.05) is 50.2 Å². The van der Waals surface area contributed by atoms with Crippen LogP contribution in [0.2, 0.25) is 5.04 Å². The number of aromatic amines is 1. The number of ether oxygens (including phenoxy) is 4. The van der Waals surface area contributed by atoms with Gasteiger partial charge in [-0.1, -0.05) is 81.4 Å². The lowest BCUT2D eigenvalue weighted by molar-refractivity contribution is -0.293. The summed E-state index contributed by atoms with van der Waals surface area (Å²) in [6.45, 7) is 14.0. The second kappa shape index (κ2) is 13.1. The van der Waals surface area contributed by atoms with E-state index < -0.39 is 68.1 Å². The highest BCUT2D eigenvalue weighted by molar-refractivity contribution is 6.99. The number of aryl methyl sites for hydroxylation is 1. The number of rotatable bonds is 9. The summed E-state index contributed by atoms with van der Waals surface area (Å²) in [6.07, 6.45) is -2.10. The van der Waals surface area contributed by atoms with E-state index in [1.54, 1.807) is 13.8 Å². The molecule has 6 rings (SSSR count). The lowest BCUT2D eigenvalue weighted by Crippen LogP contribution is -2.67. The minimum Gasteiger partial charge on any atom is -0.465 e. The van der Waals surface area contributed by atoms with Crippen LogP contribution in [0.3, 0.4) is 0 Å². The van der Waals surface area contributed by atoms with E-state index in [1.165, 1.54) is 15.8 Å². The highest BCUT2D eigenvalue weighted by Gasteiger charge is 2.61. The number of hydrogen-bond donors (Lipinski definition) is 1. The Kier molecular flexibility index (Phi) is 9.41. The number of esters is 1. The quantitative estimate of drug-likeness (QED) is 0.266. The van der Waals surface area contributed by atoms with E-state index >= 15 is 0 Å². The normalized spacial score (nSPS) is 27.2. The Morgan fingerprint density at radius 1 is 1.00 bits per heavy atom. The first-order valence-corrected chi connectivity index (χ1v) is 18.4. The van der Waals surface area contributed by atoms with Crippen LogP contribution >= 0.6 is 0 Å². The summed E-state index contributed by atoms with van der Waals surface area (Å²) in [6, 6.07) is 19.8. The summed E-state index contributed by atoms with van der Waals surface area (Å²) in [5, 5.41) is 3.43. The van der Waals surface area contributed by atoms with Gasteiger partial charge in [-0.2, -0.15) is 0 Å². The standard InChI is InChI=1S/C35H45N3O9Si/c1-8-42-32(40)25-19-27(37-20-22(2)30(39)36-33(37)41)47-38(25)31-29-28(45-35(6,7)46-29)26(44-31)21-43-48(34(3,4)5,23-15-11-9-12-16-23)24-17-13-10-14-18-24/h9-18,20,25-29,31H,8,19,21H2,1-7H3,(H,36,39,41)/t25-,26-,27-,28-,29-,31-/m1/s1. The minimum absolute atomic E-state index is 0.0783. The molecule has 0 amide bonds. The lowest BCUT2D eigenvalue weighted by Gasteiger charge is -2.43. The molecule has 3 saturated heterocycles. The molecule has 4 heterocycles. The number of hydrogen-bond acceptors (Lipinski definition) is 10. The van der Waals surface area contributed by atoms with Crippen molar-refractivity contribution < 1.29 is 33.0 Å². The molecule has 3 fully saturated rings. The van der Waals surface area contributed by atoms with Gasteiger partial charge in [-0.05, 0) is 43.1 Å². The van der Waals surface area contributed by atoms with Gasteiger partial charge in [-0.25, -0.2) is 4.79 Å². The number of nitrogens with zero attached hydrogens (tertiary/aromatic N) is 2. The Bertz CT molecular complexity index is 1680. The van der Waals surface area contributed by atoms with Crippen LogP contribution in [0, 0.1) is 6.92 Å². The molecule has 0 spiro atoms. The van der Waals surface area contributed by atoms with Gasteiger partial charge in [0.05, 0.1) is 13.2 Å². The van der Waals surface area contributed by atoms with Crippen molar-refractivity contribution in [3.05, 3.63) is 93.3 Å². The fraction of sp³-hybridized carbons (Fsp3) is 0.514. The Morgan fingerprint density at radius 3 is 2.19 bits per heavy atom. The van der Waals surface area contributed by atoms with Gasteiger partial charge in [0, 0.05) is 18.2 Å². The second-order valence-electron chi connectivity index (χ2n) is 14.0. The first-order chi connectivity index (χ1) is 22.8. The average molecular weight is 680 g/mol. The fourth-order valence-corrected chi connectivity index (χ4v) is 11.7. The molecule has 0 aliphatic carbocycles. The van der Waals surface area contributed by atoms with Gasteiger partial charge in [-0.15, -0.1) is 5.06 Å². The summed E-state index contributed by atoms with van der Waals surface area (Å²) in [7, 11) is -2.93. The number of benzene rings is 2. The summed E-state index contributed by atoms with van der Waals surface area (Å²) in [5.41, 5.74) is -0.808. The van der Waals surface area contributed by atoms with Crippen LogP contribution in [0.4, 0.5) is 0 Å². The zero-order chi connectivity index (χ0) is 34.4. The molecule has 13 heteroatoms. The first kappa shape index (κ1) is 34.4. The molecular weight excluding hydrogens is 634 g/mol. The lowest BCUT2D eigenvalue weighted by atomic mass is 10.1. The number of nitrogens with one attached hydrogen (secondary N) is 1. The van der Waals surface area contributed by atoms with E-state index in [4.69, 9.17) is 28.2 Å². The van der Waals surface area contributed by atoms with Gasteiger partial charge in [0.2, 0.25) is 0 Å². The summed E-state index contributed by atoms with van der Waals surface area (Å²) in [4.78, 5) is 46.9. The zero-order valence-electron chi connectivity index (χ0n) is 28.5. The predicted molar refractivity (Wildman–Crippen MR) is 179 cm³/mol. The summed E-state index contributed by atoms with van der Waals surface area (Å²) >= 11 is 0. The highest BCUT2D eigenvalue weighted by atomic mass is 28.4. The maximum absolute atomic E-state index is 13.3. The Hall–Kier alpha value is -3.43. The van der Waals surface area contributed by atoms with Gasteiger partial charge < -0.3 is 23.4 Å². The Labute approximate surface area is 280 Å². The van der Waals surface area contributed by atoms with Crippen molar-refractivity contribution in [1.82, 2.24) is 14.6 Å². The van der Waals surface area contributed by atoms with E-state index in [0.29, 0.717) is 5.56 Å². The molecule has 6 atom stereocenters. The second-order valence-corrected chi connectivity index (χ2v) is 18.3. The molecule has 0 unspecified atom stereocenters. The van der Waals surface area contributed by atoms with E-state index in [0.717, 1.165) is 10.4 Å². The van der Waals surface area contributed by atoms with Crippen molar-refractivity contribution in [3.8, 4) is 0 Å². The molecule has 12 nitrogen and oxygen atoms in total. The molecule has 0 radical (unpaired) electrons. The van der Waals surface area contributed by atoms with Crippen molar-refractivity contribution in [2.45, 2.75) is 103 Å². The highest BCUT2D eigenvalue weighted by Crippen LogP contribution is 2.44. The van der Waals surface area contributed by atoms with Gasteiger partial charge >= 0.3 is 11.7 Å². The van der Waals surface area contributed by atoms with Crippen molar-refractivity contribution in [2.75, 3.05) is 13.2 Å². The zero-order valence-corrected chi connectivity index (χ0v) is 29.5. The van der Waals surface area contributed by atoms with Crippen LogP contribution in [0.15, 0.2) is 76.4 Å². The minimum atomic E-state index is -2.93. The van der Waals surface area contributed by atoms with E-state index in [-0.39, 0.29) is 24.7 Å². The molecule has 1 N–H and O–H groups in total. The van der Waals surface area contributed by atoms with Crippen molar-refractivity contribution in [3.63, 3.8) is 0 Å². The topological polar surface area (TPSA) is 131 Å². The van der Waals surface area contributed by atoms with E-state index in [9.17, 15) is 14.4 Å². The third kappa shape index (κ3) is 6.24. The van der Waals surface area contributed by atoms with Crippen molar-refractivity contribution in [1.29, 1.82) is 0 Å². The maximum atomic E-state index is 13.3. The molecule has 3 aromatic rings. The van der Waals surface area contributed by atoms with Crippen LogP contribution < -0.4 is 21.6 Å². The summed E-state index contributed by atoms with van der Waals surface area (Å²) in [5.74, 6) is -1.47. The molecule has 0 saturated carbocycles. The van der Waals surface area contributed by atoms with Crippen molar-refractivity contribution in [2.24, 2.45) is 0 Å². The van der Waals surface area contributed by atoms with Gasteiger partial charge in [0.1, 0.15) is 24.4 Å². The van der Waals surface area contributed by atoms with Gasteiger partial charge in [-0.3, -0.25) is 24.0 Å². The van der Waals surface area contributed by atoms with Crippen molar-refractivity contribution >= 4 is 24.7 Å². The van der Waals surface area contributed by atoms with Crippen LogP contribution in [0.5, 0.6) is 0 Å². The first-order valence-electron chi connectivity index (χ1n) is 16.5. The maximum Gasteiger partial charge on any atom is 0.330 e. The molecule has 48 heavy (non-hydrogen) atoms. The number of carbonyl (C=O) groups is 1. The van der Waals surface area contributed by atoms with Gasteiger partial charge in [0.25, 0.3) is 13.9 Å². The molecular formula is C35H45N3O9Si. The third-order valence-electron chi connectivity index (χ3n) is 9.25. The fourth-order valence-electron chi connectivity index (χ4n) is 7.16. The Balaban J connectivity index is 1.35. The third-order valence-corrected chi connectivity index (χ3v) is 14.3. The predicted octanol–water partition coefficient (Wildman–Crippen LogP) is 2.73. The van der Waals surface area contributed by atoms with Crippen LogP contribution in [-0.2, 0) is 33.0 Å². The monoisotopic (exact) mass is 679 g/mol. The number of fused-ring (bicyclic) bond motifs is 1. The smallest absolute Gasteiger partial charge is 0.330 e. The molecule has 3 aliphatic rings. The summed E-state index contributed by atoms with van der Waals surface area (Å²) < 4.78 is 33.5. The molecule has 3 aliphatic heterocycles. The van der Waals surface area contributed by atoms with Crippen LogP contribution in [0.1, 0.15) is 59.8 Å². The molecule has 1 aromatic heterocycles. The number of H-pyrrole nitrogens is 1. The number of hydroxylamine groups is 2. The number of aromatic nitrogens is 2. The largest absolute Gasteiger partial charge is 0.465 e. The Morgan fingerprint density at radius 2 is 1.60 bits per heavy atom. The van der Waals surface area contributed by atoms with Gasteiger partial charge in [0.15, 0.2) is 18.2 Å². The molecule has 258 valence electrons. The SMILES string of the molecule is CCOC(=O)[C@H]1C[C@H](n2cc(C)c(=O)[nH]c2=O)ON1[C@@H]1O[C@H](CO[Si](c2ccccc2)(c2ccccc2)C(C)(C)C)[C@H]2OC(C)(C)O[C@H]21. The average Bonchev–Trinajstić information content (AvgIpc) is 3.71.